The second kappa shape index (κ2) is 7.15. The quantitative estimate of drug-likeness (QED) is 0.863. The molecule has 122 valence electrons. The fourth-order valence-corrected chi connectivity index (χ4v) is 3.14. The molecule has 0 bridgehead atoms. The van der Waals surface area contributed by atoms with E-state index in [9.17, 15) is 4.79 Å². The molecular formula is C17H20ClN3O2. The molecule has 3 rings (SSSR count). The van der Waals surface area contributed by atoms with Crippen LogP contribution in [0.25, 0.3) is 0 Å². The van der Waals surface area contributed by atoms with Gasteiger partial charge < -0.3 is 9.64 Å². The highest BCUT2D eigenvalue weighted by Crippen LogP contribution is 2.32. The van der Waals surface area contributed by atoms with Crippen LogP contribution in [0.3, 0.4) is 0 Å². The minimum atomic E-state index is -0.0772. The van der Waals surface area contributed by atoms with Crippen molar-refractivity contribution in [2.24, 2.45) is 0 Å². The molecule has 23 heavy (non-hydrogen) atoms. The molecule has 1 aromatic heterocycles. The molecule has 0 saturated heterocycles. The topological polar surface area (TPSA) is 47.4 Å². The van der Waals surface area contributed by atoms with Gasteiger partial charge in [-0.2, -0.15) is 5.10 Å². The molecular weight excluding hydrogens is 314 g/mol. The lowest BCUT2D eigenvalue weighted by Crippen LogP contribution is -2.32. The van der Waals surface area contributed by atoms with Crippen molar-refractivity contribution in [3.63, 3.8) is 0 Å². The van der Waals surface area contributed by atoms with Crippen LogP contribution in [-0.2, 0) is 17.7 Å². The molecule has 0 radical (unpaired) electrons. The number of ether oxygens (including phenoxy) is 1. The van der Waals surface area contributed by atoms with Gasteiger partial charge >= 0.3 is 0 Å². The van der Waals surface area contributed by atoms with Crippen molar-refractivity contribution in [2.45, 2.75) is 25.8 Å². The van der Waals surface area contributed by atoms with Crippen LogP contribution in [0.4, 0.5) is 5.69 Å². The number of hydrogen-bond acceptors (Lipinski definition) is 3. The highest BCUT2D eigenvalue weighted by molar-refractivity contribution is 6.32. The summed E-state index contributed by atoms with van der Waals surface area (Å²) in [5, 5.41) is 5.09. The van der Waals surface area contributed by atoms with Crippen LogP contribution >= 0.6 is 11.6 Å². The van der Waals surface area contributed by atoms with E-state index in [4.69, 9.17) is 16.3 Å². The number of fused-ring (bicyclic) bond motifs is 1. The van der Waals surface area contributed by atoms with E-state index >= 15 is 0 Å². The third-order valence-electron chi connectivity index (χ3n) is 4.07. The number of rotatable bonds is 4. The van der Waals surface area contributed by atoms with Crippen molar-refractivity contribution in [2.75, 3.05) is 25.2 Å². The lowest BCUT2D eigenvalue weighted by atomic mass is 10.1. The second-order valence-corrected chi connectivity index (χ2v) is 6.02. The van der Waals surface area contributed by atoms with Gasteiger partial charge in [0, 0.05) is 30.6 Å². The predicted molar refractivity (Wildman–Crippen MR) is 90.2 cm³/mol. The van der Waals surface area contributed by atoms with E-state index in [1.165, 1.54) is 0 Å². The van der Waals surface area contributed by atoms with E-state index in [-0.39, 0.29) is 5.91 Å². The number of carbonyl (C=O) groups excluding carboxylic acids is 1. The van der Waals surface area contributed by atoms with Gasteiger partial charge in [-0.05, 0) is 43.0 Å². The maximum atomic E-state index is 12.9. The van der Waals surface area contributed by atoms with E-state index in [0.717, 1.165) is 35.5 Å². The van der Waals surface area contributed by atoms with Crippen LogP contribution in [0, 0.1) is 0 Å². The number of nitrogens with zero attached hydrogens (tertiary/aromatic N) is 3. The van der Waals surface area contributed by atoms with E-state index < -0.39 is 0 Å². The number of benzene rings is 1. The Bertz CT molecular complexity index is 699. The summed E-state index contributed by atoms with van der Waals surface area (Å²) in [7, 11) is 1.65. The van der Waals surface area contributed by atoms with E-state index in [0.29, 0.717) is 25.4 Å². The predicted octanol–water partition coefficient (Wildman–Crippen LogP) is 3.17. The number of carbonyl (C=O) groups is 1. The lowest BCUT2D eigenvalue weighted by molar-refractivity contribution is 0.0980. The van der Waals surface area contributed by atoms with Crippen molar-refractivity contribution >= 4 is 23.2 Å². The summed E-state index contributed by atoms with van der Waals surface area (Å²) in [5.41, 5.74) is 2.42. The molecule has 0 N–H and O–H groups in total. The zero-order valence-electron chi connectivity index (χ0n) is 13.2. The first-order chi connectivity index (χ1) is 11.2. The molecule has 2 aromatic rings. The Morgan fingerprint density at radius 1 is 1.35 bits per heavy atom. The summed E-state index contributed by atoms with van der Waals surface area (Å²) in [4.78, 5) is 14.7. The molecule has 6 heteroatoms. The highest BCUT2D eigenvalue weighted by atomic mass is 35.5. The Labute approximate surface area is 140 Å². The molecule has 0 unspecified atom stereocenters. The molecule has 0 atom stereocenters. The number of amides is 1. The molecule has 0 aliphatic carbocycles. The van der Waals surface area contributed by atoms with Gasteiger partial charge in [-0.1, -0.05) is 17.7 Å². The maximum Gasteiger partial charge on any atom is 0.278 e. The third kappa shape index (κ3) is 3.41. The Hall–Kier alpha value is -1.85. The average Bonchev–Trinajstić information content (AvgIpc) is 2.92. The van der Waals surface area contributed by atoms with Crippen molar-refractivity contribution in [3.05, 3.63) is 46.7 Å². The standard InChI is InChI=1S/C17H20ClN3O2/c1-23-12-11-20-10-8-15(19-20)17(22)21-9-3-2-5-13-14(18)6-4-7-16(13)21/h4,6-8,10H,2-3,5,9,11-12H2,1H3. The van der Waals surface area contributed by atoms with Crippen molar-refractivity contribution in [3.8, 4) is 0 Å². The molecule has 1 aliphatic heterocycles. The van der Waals surface area contributed by atoms with Gasteiger partial charge in [-0.3, -0.25) is 9.48 Å². The van der Waals surface area contributed by atoms with Crippen molar-refractivity contribution in [1.82, 2.24) is 9.78 Å². The van der Waals surface area contributed by atoms with Crippen LogP contribution in [0.2, 0.25) is 5.02 Å². The minimum Gasteiger partial charge on any atom is -0.383 e. The molecule has 2 heterocycles. The lowest BCUT2D eigenvalue weighted by Gasteiger charge is -2.22. The van der Waals surface area contributed by atoms with Gasteiger partial charge in [0.15, 0.2) is 5.69 Å². The maximum absolute atomic E-state index is 12.9. The van der Waals surface area contributed by atoms with Gasteiger partial charge in [0.2, 0.25) is 0 Å². The Balaban J connectivity index is 1.87. The number of anilines is 1. The molecule has 0 fully saturated rings. The highest BCUT2D eigenvalue weighted by Gasteiger charge is 2.25. The van der Waals surface area contributed by atoms with Gasteiger partial charge in [0.05, 0.1) is 13.2 Å². The van der Waals surface area contributed by atoms with Crippen LogP contribution in [0.5, 0.6) is 0 Å². The first kappa shape index (κ1) is 16.0. The van der Waals surface area contributed by atoms with Crippen molar-refractivity contribution in [1.29, 1.82) is 0 Å². The van der Waals surface area contributed by atoms with E-state index in [1.54, 1.807) is 22.8 Å². The molecule has 0 saturated carbocycles. The van der Waals surface area contributed by atoms with Crippen molar-refractivity contribution < 1.29 is 9.53 Å². The van der Waals surface area contributed by atoms with E-state index in [2.05, 4.69) is 5.10 Å². The monoisotopic (exact) mass is 333 g/mol. The summed E-state index contributed by atoms with van der Waals surface area (Å²) in [6.07, 6.45) is 4.70. The normalized spacial score (nSPS) is 14.4. The fourth-order valence-electron chi connectivity index (χ4n) is 2.87. The van der Waals surface area contributed by atoms with E-state index in [1.807, 2.05) is 24.4 Å². The van der Waals surface area contributed by atoms with Crippen LogP contribution in [0.1, 0.15) is 28.9 Å². The Morgan fingerprint density at radius 3 is 3.04 bits per heavy atom. The van der Waals surface area contributed by atoms with Crippen LogP contribution in [0.15, 0.2) is 30.5 Å². The summed E-state index contributed by atoms with van der Waals surface area (Å²) < 4.78 is 6.77. The van der Waals surface area contributed by atoms with Gasteiger partial charge in [0.1, 0.15) is 0 Å². The molecule has 5 nitrogen and oxygen atoms in total. The third-order valence-corrected chi connectivity index (χ3v) is 4.43. The zero-order valence-corrected chi connectivity index (χ0v) is 13.9. The Morgan fingerprint density at radius 2 is 2.22 bits per heavy atom. The molecule has 1 amide bonds. The summed E-state index contributed by atoms with van der Waals surface area (Å²) in [5.74, 6) is -0.0772. The van der Waals surface area contributed by atoms with Crippen LogP contribution in [-0.4, -0.2) is 35.9 Å². The average molecular weight is 334 g/mol. The summed E-state index contributed by atoms with van der Waals surface area (Å²) in [6.45, 7) is 1.89. The Kier molecular flexibility index (Phi) is 4.98. The number of hydrogen-bond donors (Lipinski definition) is 0. The molecule has 1 aromatic carbocycles. The second-order valence-electron chi connectivity index (χ2n) is 5.61. The fraction of sp³-hybridized carbons (Fsp3) is 0.412. The first-order valence-corrected chi connectivity index (χ1v) is 8.20. The van der Waals surface area contributed by atoms with Crippen LogP contribution < -0.4 is 4.90 Å². The smallest absolute Gasteiger partial charge is 0.278 e. The SMILES string of the molecule is COCCn1ccc(C(=O)N2CCCCc3c(Cl)cccc32)n1. The van der Waals surface area contributed by atoms with Gasteiger partial charge in [0.25, 0.3) is 5.91 Å². The molecule has 0 spiro atoms. The van der Waals surface area contributed by atoms with Gasteiger partial charge in [-0.15, -0.1) is 0 Å². The van der Waals surface area contributed by atoms with Gasteiger partial charge in [-0.25, -0.2) is 0 Å². The molecule has 1 aliphatic rings. The summed E-state index contributed by atoms with van der Waals surface area (Å²) in [6, 6.07) is 7.50. The number of halogens is 1. The first-order valence-electron chi connectivity index (χ1n) is 7.82. The minimum absolute atomic E-state index is 0.0772. The number of methoxy groups -OCH3 is 1. The largest absolute Gasteiger partial charge is 0.383 e. The zero-order chi connectivity index (χ0) is 16.2. The summed E-state index contributed by atoms with van der Waals surface area (Å²) >= 11 is 6.32. The number of aromatic nitrogens is 2.